The molecular formula is C17H17F2NO3. The van der Waals surface area contributed by atoms with Gasteiger partial charge in [-0.25, -0.2) is 8.78 Å². The van der Waals surface area contributed by atoms with Crippen LogP contribution in [-0.4, -0.2) is 23.7 Å². The van der Waals surface area contributed by atoms with Crippen molar-refractivity contribution in [1.82, 2.24) is 5.32 Å². The number of aliphatic hydroxyl groups excluding tert-OH is 1. The summed E-state index contributed by atoms with van der Waals surface area (Å²) in [6.07, 6.45) is -1.75. The van der Waals surface area contributed by atoms with E-state index in [-0.39, 0.29) is 12.3 Å². The SMILES string of the molecule is C[C@@H](Oc1ccc(F)c(F)c1)C(=O)NC[C@H](O)c1ccccc1. The molecule has 0 radical (unpaired) electrons. The molecular weight excluding hydrogens is 304 g/mol. The quantitative estimate of drug-likeness (QED) is 0.860. The van der Waals surface area contributed by atoms with Gasteiger partial charge in [-0.1, -0.05) is 30.3 Å². The smallest absolute Gasteiger partial charge is 0.260 e. The summed E-state index contributed by atoms with van der Waals surface area (Å²) in [7, 11) is 0. The Morgan fingerprint density at radius 3 is 2.52 bits per heavy atom. The molecule has 6 heteroatoms. The van der Waals surface area contributed by atoms with E-state index in [4.69, 9.17) is 4.74 Å². The first-order valence-corrected chi connectivity index (χ1v) is 7.10. The molecule has 0 aliphatic heterocycles. The lowest BCUT2D eigenvalue weighted by Crippen LogP contribution is -2.38. The van der Waals surface area contributed by atoms with Crippen molar-refractivity contribution in [3.05, 3.63) is 65.7 Å². The normalized spacial score (nSPS) is 13.2. The van der Waals surface area contributed by atoms with Crippen molar-refractivity contribution in [3.63, 3.8) is 0 Å². The summed E-state index contributed by atoms with van der Waals surface area (Å²) in [5, 5.41) is 12.5. The number of rotatable bonds is 6. The highest BCUT2D eigenvalue weighted by atomic mass is 19.2. The molecule has 0 fully saturated rings. The van der Waals surface area contributed by atoms with Crippen LogP contribution in [0.5, 0.6) is 5.75 Å². The fourth-order valence-corrected chi connectivity index (χ4v) is 1.94. The second kappa shape index (κ2) is 7.69. The van der Waals surface area contributed by atoms with E-state index in [0.29, 0.717) is 5.56 Å². The summed E-state index contributed by atoms with van der Waals surface area (Å²) in [6.45, 7) is 1.50. The highest BCUT2D eigenvalue weighted by Gasteiger charge is 2.17. The van der Waals surface area contributed by atoms with E-state index < -0.39 is 29.7 Å². The van der Waals surface area contributed by atoms with E-state index in [9.17, 15) is 18.7 Å². The molecule has 2 aromatic carbocycles. The second-order valence-corrected chi connectivity index (χ2v) is 5.01. The van der Waals surface area contributed by atoms with Crippen LogP contribution in [0.1, 0.15) is 18.6 Å². The van der Waals surface area contributed by atoms with Crippen molar-refractivity contribution in [3.8, 4) is 5.75 Å². The Kier molecular flexibility index (Phi) is 5.65. The van der Waals surface area contributed by atoms with Gasteiger partial charge in [0.05, 0.1) is 6.10 Å². The first-order chi connectivity index (χ1) is 11.0. The number of benzene rings is 2. The lowest BCUT2D eigenvalue weighted by molar-refractivity contribution is -0.127. The van der Waals surface area contributed by atoms with Crippen LogP contribution in [-0.2, 0) is 4.79 Å². The third-order valence-corrected chi connectivity index (χ3v) is 3.23. The van der Waals surface area contributed by atoms with E-state index in [0.717, 1.165) is 12.1 Å². The number of hydrogen-bond acceptors (Lipinski definition) is 3. The molecule has 4 nitrogen and oxygen atoms in total. The molecule has 0 saturated carbocycles. The number of amides is 1. The zero-order valence-corrected chi connectivity index (χ0v) is 12.5. The molecule has 0 spiro atoms. The molecule has 0 unspecified atom stereocenters. The first-order valence-electron chi connectivity index (χ1n) is 7.10. The van der Waals surface area contributed by atoms with Crippen molar-refractivity contribution in [1.29, 1.82) is 0 Å². The minimum absolute atomic E-state index is 0.0221. The average Bonchev–Trinajstić information content (AvgIpc) is 2.56. The predicted molar refractivity (Wildman–Crippen MR) is 80.9 cm³/mol. The Bertz CT molecular complexity index is 664. The third kappa shape index (κ3) is 4.75. The van der Waals surface area contributed by atoms with Crippen LogP contribution < -0.4 is 10.1 Å². The van der Waals surface area contributed by atoms with Gasteiger partial charge in [0.1, 0.15) is 5.75 Å². The lowest BCUT2D eigenvalue weighted by atomic mass is 10.1. The molecule has 2 atom stereocenters. The molecule has 0 aromatic heterocycles. The summed E-state index contributed by atoms with van der Waals surface area (Å²) < 4.78 is 31.2. The molecule has 2 N–H and O–H groups in total. The number of hydrogen-bond donors (Lipinski definition) is 2. The molecule has 2 rings (SSSR count). The van der Waals surface area contributed by atoms with Crippen molar-refractivity contribution < 1.29 is 23.4 Å². The van der Waals surface area contributed by atoms with E-state index >= 15 is 0 Å². The molecule has 122 valence electrons. The number of nitrogens with one attached hydrogen (secondary N) is 1. The van der Waals surface area contributed by atoms with Crippen LogP contribution in [0.2, 0.25) is 0 Å². The largest absolute Gasteiger partial charge is 0.481 e. The van der Waals surface area contributed by atoms with E-state index in [2.05, 4.69) is 5.32 Å². The summed E-state index contributed by atoms with van der Waals surface area (Å²) in [5.41, 5.74) is 0.682. The minimum atomic E-state index is -1.05. The molecule has 0 aliphatic carbocycles. The summed E-state index contributed by atoms with van der Waals surface area (Å²) >= 11 is 0. The Morgan fingerprint density at radius 1 is 1.17 bits per heavy atom. The van der Waals surface area contributed by atoms with Crippen LogP contribution in [0.25, 0.3) is 0 Å². The Balaban J connectivity index is 1.86. The number of carbonyl (C=O) groups excluding carboxylic acids is 1. The Hall–Kier alpha value is -2.47. The summed E-state index contributed by atoms with van der Waals surface area (Å²) in [5.74, 6) is -2.45. The number of aliphatic hydroxyl groups is 1. The molecule has 0 aliphatic rings. The fraction of sp³-hybridized carbons (Fsp3) is 0.235. The molecule has 2 aromatic rings. The van der Waals surface area contributed by atoms with Gasteiger partial charge in [0.25, 0.3) is 5.91 Å². The van der Waals surface area contributed by atoms with Crippen molar-refractivity contribution in [2.75, 3.05) is 6.54 Å². The van der Waals surface area contributed by atoms with Crippen LogP contribution >= 0.6 is 0 Å². The third-order valence-electron chi connectivity index (χ3n) is 3.23. The van der Waals surface area contributed by atoms with Crippen LogP contribution in [0.4, 0.5) is 8.78 Å². The zero-order valence-electron chi connectivity index (χ0n) is 12.5. The fourth-order valence-electron chi connectivity index (χ4n) is 1.94. The molecule has 1 amide bonds. The maximum atomic E-state index is 13.1. The molecule has 0 saturated heterocycles. The van der Waals surface area contributed by atoms with Crippen LogP contribution in [0.3, 0.4) is 0 Å². The van der Waals surface area contributed by atoms with Gasteiger partial charge < -0.3 is 15.2 Å². The standard InChI is InChI=1S/C17H17F2NO3/c1-11(23-13-7-8-14(18)15(19)9-13)17(22)20-10-16(21)12-5-3-2-4-6-12/h2-9,11,16,21H,10H2,1H3,(H,20,22)/t11-,16+/m1/s1. The average molecular weight is 321 g/mol. The van der Waals surface area contributed by atoms with E-state index in [1.165, 1.54) is 13.0 Å². The Labute approximate surface area is 132 Å². The van der Waals surface area contributed by atoms with Crippen molar-refractivity contribution in [2.45, 2.75) is 19.1 Å². The van der Waals surface area contributed by atoms with Gasteiger partial charge in [-0.2, -0.15) is 0 Å². The summed E-state index contributed by atoms with van der Waals surface area (Å²) in [4.78, 5) is 11.9. The van der Waals surface area contributed by atoms with Gasteiger partial charge in [-0.15, -0.1) is 0 Å². The highest BCUT2D eigenvalue weighted by molar-refractivity contribution is 5.80. The molecule has 0 bridgehead atoms. The van der Waals surface area contributed by atoms with Gasteiger partial charge >= 0.3 is 0 Å². The number of carbonyl (C=O) groups is 1. The van der Waals surface area contributed by atoms with Gasteiger partial charge in [-0.3, -0.25) is 4.79 Å². The van der Waals surface area contributed by atoms with Crippen LogP contribution in [0, 0.1) is 11.6 Å². The number of halogens is 2. The maximum absolute atomic E-state index is 13.1. The molecule has 0 heterocycles. The maximum Gasteiger partial charge on any atom is 0.260 e. The number of ether oxygens (including phenoxy) is 1. The van der Waals surface area contributed by atoms with Crippen molar-refractivity contribution >= 4 is 5.91 Å². The topological polar surface area (TPSA) is 58.6 Å². The Morgan fingerprint density at radius 2 is 1.87 bits per heavy atom. The van der Waals surface area contributed by atoms with Gasteiger partial charge in [0.2, 0.25) is 0 Å². The second-order valence-electron chi connectivity index (χ2n) is 5.01. The van der Waals surface area contributed by atoms with Crippen molar-refractivity contribution in [2.24, 2.45) is 0 Å². The van der Waals surface area contributed by atoms with Gasteiger partial charge in [0, 0.05) is 12.6 Å². The predicted octanol–water partition coefficient (Wildman–Crippen LogP) is 2.58. The van der Waals surface area contributed by atoms with E-state index in [1.807, 2.05) is 6.07 Å². The summed E-state index contributed by atoms with van der Waals surface area (Å²) in [6, 6.07) is 11.9. The van der Waals surface area contributed by atoms with Gasteiger partial charge in [-0.05, 0) is 24.6 Å². The lowest BCUT2D eigenvalue weighted by Gasteiger charge is -2.17. The minimum Gasteiger partial charge on any atom is -0.481 e. The molecule has 23 heavy (non-hydrogen) atoms. The first kappa shape index (κ1) is 16.9. The van der Waals surface area contributed by atoms with E-state index in [1.54, 1.807) is 24.3 Å². The zero-order chi connectivity index (χ0) is 16.8. The highest BCUT2D eigenvalue weighted by Crippen LogP contribution is 2.17. The van der Waals surface area contributed by atoms with Crippen LogP contribution in [0.15, 0.2) is 48.5 Å². The monoisotopic (exact) mass is 321 g/mol. The van der Waals surface area contributed by atoms with Gasteiger partial charge in [0.15, 0.2) is 17.7 Å².